The van der Waals surface area contributed by atoms with E-state index in [4.69, 9.17) is 5.73 Å². The third-order valence-corrected chi connectivity index (χ3v) is 5.16. The molecule has 0 spiro atoms. The van der Waals surface area contributed by atoms with Gasteiger partial charge in [0.1, 0.15) is 0 Å². The summed E-state index contributed by atoms with van der Waals surface area (Å²) in [6.07, 6.45) is 1.18. The normalized spacial score (nSPS) is 23.0. The van der Waals surface area contributed by atoms with Crippen LogP contribution in [0.3, 0.4) is 0 Å². The maximum Gasteiger partial charge on any atom is 0.0233 e. The van der Waals surface area contributed by atoms with Crippen molar-refractivity contribution >= 4 is 0 Å². The number of benzene rings is 1. The zero-order valence-corrected chi connectivity index (χ0v) is 15.4. The Morgan fingerprint density at radius 1 is 1.04 bits per heavy atom. The molecule has 130 valence electrons. The number of hydrogen-bond donors (Lipinski definition) is 1. The molecule has 0 bridgehead atoms. The zero-order valence-electron chi connectivity index (χ0n) is 15.4. The third-order valence-electron chi connectivity index (χ3n) is 5.16. The third kappa shape index (κ3) is 5.91. The van der Waals surface area contributed by atoms with Gasteiger partial charge in [0.05, 0.1) is 0 Å². The Labute approximate surface area is 142 Å². The van der Waals surface area contributed by atoms with E-state index in [1.807, 2.05) is 0 Å². The van der Waals surface area contributed by atoms with Gasteiger partial charge < -0.3 is 5.73 Å². The van der Waals surface area contributed by atoms with Gasteiger partial charge >= 0.3 is 0 Å². The summed E-state index contributed by atoms with van der Waals surface area (Å²) in [6.45, 7) is 15.1. The lowest BCUT2D eigenvalue weighted by molar-refractivity contribution is 0.0614. The minimum absolute atomic E-state index is 0.437. The van der Waals surface area contributed by atoms with Gasteiger partial charge in [-0.15, -0.1) is 0 Å². The quantitative estimate of drug-likeness (QED) is 0.925. The van der Waals surface area contributed by atoms with Crippen molar-refractivity contribution in [1.29, 1.82) is 0 Å². The molecular formula is C20H35N3. The van der Waals surface area contributed by atoms with Crippen LogP contribution in [0.5, 0.6) is 0 Å². The monoisotopic (exact) mass is 317 g/mol. The van der Waals surface area contributed by atoms with Crippen LogP contribution in [-0.2, 0) is 6.54 Å². The second-order valence-corrected chi connectivity index (χ2v) is 7.82. The molecule has 3 rings (SSSR count). The molecule has 1 aromatic carbocycles. The molecular weight excluding hydrogens is 282 g/mol. The van der Waals surface area contributed by atoms with Gasteiger partial charge in [0.15, 0.2) is 0 Å². The first-order chi connectivity index (χ1) is 11.0. The summed E-state index contributed by atoms with van der Waals surface area (Å²) in [5.74, 6) is 1.78. The van der Waals surface area contributed by atoms with Gasteiger partial charge in [-0.1, -0.05) is 44.2 Å². The van der Waals surface area contributed by atoms with Crippen LogP contribution in [0.4, 0.5) is 0 Å². The molecule has 1 unspecified atom stereocenters. The van der Waals surface area contributed by atoms with Crippen molar-refractivity contribution in [3.05, 3.63) is 35.9 Å². The van der Waals surface area contributed by atoms with Gasteiger partial charge in [-0.05, 0) is 44.2 Å². The molecule has 2 fully saturated rings. The van der Waals surface area contributed by atoms with E-state index in [9.17, 15) is 0 Å². The van der Waals surface area contributed by atoms with E-state index in [1.54, 1.807) is 0 Å². The van der Waals surface area contributed by atoms with E-state index in [-0.39, 0.29) is 0 Å². The van der Waals surface area contributed by atoms with Crippen LogP contribution in [0.25, 0.3) is 0 Å². The summed E-state index contributed by atoms with van der Waals surface area (Å²) in [4.78, 5) is 4.95. The zero-order chi connectivity index (χ0) is 16.8. The molecule has 0 aromatic heterocycles. The van der Waals surface area contributed by atoms with E-state index >= 15 is 0 Å². The van der Waals surface area contributed by atoms with E-state index in [1.165, 1.54) is 31.6 Å². The molecule has 3 nitrogen and oxygen atoms in total. The second-order valence-electron chi connectivity index (χ2n) is 7.82. The fourth-order valence-corrected chi connectivity index (χ4v) is 3.29. The van der Waals surface area contributed by atoms with Crippen molar-refractivity contribution in [3.63, 3.8) is 0 Å². The Morgan fingerprint density at radius 2 is 1.70 bits per heavy atom. The van der Waals surface area contributed by atoms with Gasteiger partial charge in [0, 0.05) is 38.3 Å². The minimum atomic E-state index is 0.437. The molecule has 0 amide bonds. The predicted molar refractivity (Wildman–Crippen MR) is 99.3 cm³/mol. The Hall–Kier alpha value is -0.900. The van der Waals surface area contributed by atoms with Crippen LogP contribution >= 0.6 is 0 Å². The van der Waals surface area contributed by atoms with Gasteiger partial charge in [0.25, 0.3) is 0 Å². The van der Waals surface area contributed by atoms with Crippen molar-refractivity contribution in [2.75, 3.05) is 26.2 Å². The Kier molecular flexibility index (Phi) is 7.07. The van der Waals surface area contributed by atoms with Gasteiger partial charge in [-0.25, -0.2) is 0 Å². The molecule has 0 radical (unpaired) electrons. The number of likely N-dealkylation sites (tertiary alicyclic amines) is 2. The Morgan fingerprint density at radius 3 is 2.13 bits per heavy atom. The molecule has 2 heterocycles. The average molecular weight is 318 g/mol. The lowest BCUT2D eigenvalue weighted by atomic mass is 9.88. The van der Waals surface area contributed by atoms with Crippen molar-refractivity contribution in [1.82, 2.24) is 9.80 Å². The summed E-state index contributed by atoms with van der Waals surface area (Å²) < 4.78 is 0. The maximum absolute atomic E-state index is 5.72. The summed E-state index contributed by atoms with van der Waals surface area (Å²) in [5.41, 5.74) is 7.16. The molecule has 3 heteroatoms. The van der Waals surface area contributed by atoms with Gasteiger partial charge in [-0.3, -0.25) is 9.80 Å². The molecule has 2 aliphatic heterocycles. The fraction of sp³-hybridized carbons (Fsp3) is 0.700. The molecule has 1 aromatic rings. The van der Waals surface area contributed by atoms with E-state index in [2.05, 4.69) is 67.8 Å². The van der Waals surface area contributed by atoms with Crippen molar-refractivity contribution in [2.45, 2.75) is 52.7 Å². The van der Waals surface area contributed by atoms with Crippen molar-refractivity contribution in [2.24, 2.45) is 17.6 Å². The standard InChI is InChI=1S/C13H19N.C7H16N2/c1-11(2)13-9-14(10-13)8-12-6-4-3-5-7-12;1-6(2)9-4-3-7(8)5-9/h3-7,11,13H,8-10H2,1-2H3;6-7H,3-5,8H2,1-2H3. The Balaban J connectivity index is 0.000000185. The second kappa shape index (κ2) is 8.81. The molecule has 2 aliphatic rings. The highest BCUT2D eigenvalue weighted by Gasteiger charge is 2.28. The van der Waals surface area contributed by atoms with Crippen molar-refractivity contribution < 1.29 is 0 Å². The highest BCUT2D eigenvalue weighted by Crippen LogP contribution is 2.24. The number of nitrogens with zero attached hydrogens (tertiary/aromatic N) is 2. The van der Waals surface area contributed by atoms with Crippen LogP contribution in [-0.4, -0.2) is 48.1 Å². The SMILES string of the molecule is CC(C)C1CN(Cc2ccccc2)C1.CC(C)N1CCC(N)C1. The van der Waals surface area contributed by atoms with Crippen LogP contribution in [0.15, 0.2) is 30.3 Å². The number of nitrogens with two attached hydrogens (primary N) is 1. The van der Waals surface area contributed by atoms with Gasteiger partial charge in [-0.2, -0.15) is 0 Å². The topological polar surface area (TPSA) is 32.5 Å². The maximum atomic E-state index is 5.72. The summed E-state index contributed by atoms with van der Waals surface area (Å²) >= 11 is 0. The highest BCUT2D eigenvalue weighted by atomic mass is 15.2. The van der Waals surface area contributed by atoms with Crippen LogP contribution in [0, 0.1) is 11.8 Å². The highest BCUT2D eigenvalue weighted by molar-refractivity contribution is 5.14. The van der Waals surface area contributed by atoms with E-state index < -0.39 is 0 Å². The molecule has 0 saturated carbocycles. The summed E-state index contributed by atoms with van der Waals surface area (Å²) in [7, 11) is 0. The van der Waals surface area contributed by atoms with E-state index in [0.717, 1.165) is 24.9 Å². The first kappa shape index (κ1) is 18.4. The number of hydrogen-bond acceptors (Lipinski definition) is 3. The van der Waals surface area contributed by atoms with E-state index in [0.29, 0.717) is 12.1 Å². The molecule has 0 aliphatic carbocycles. The summed E-state index contributed by atoms with van der Waals surface area (Å²) in [6, 6.07) is 11.9. The smallest absolute Gasteiger partial charge is 0.0233 e. The Bertz CT molecular complexity index is 437. The number of rotatable bonds is 4. The fourth-order valence-electron chi connectivity index (χ4n) is 3.29. The molecule has 1 atom stereocenters. The first-order valence-electron chi connectivity index (χ1n) is 9.21. The van der Waals surface area contributed by atoms with Crippen LogP contribution in [0.1, 0.15) is 39.7 Å². The first-order valence-corrected chi connectivity index (χ1v) is 9.21. The lowest BCUT2D eigenvalue weighted by Gasteiger charge is -2.41. The minimum Gasteiger partial charge on any atom is -0.326 e. The van der Waals surface area contributed by atoms with Crippen molar-refractivity contribution in [3.8, 4) is 0 Å². The largest absolute Gasteiger partial charge is 0.326 e. The molecule has 2 N–H and O–H groups in total. The van der Waals surface area contributed by atoms with Gasteiger partial charge in [0.2, 0.25) is 0 Å². The predicted octanol–water partition coefficient (Wildman–Crippen LogP) is 3.20. The summed E-state index contributed by atoms with van der Waals surface area (Å²) in [5, 5.41) is 0. The lowest BCUT2D eigenvalue weighted by Crippen LogP contribution is -2.48. The molecule has 23 heavy (non-hydrogen) atoms. The average Bonchev–Trinajstić information content (AvgIpc) is 2.91. The van der Waals surface area contributed by atoms with Crippen LogP contribution in [0.2, 0.25) is 0 Å². The van der Waals surface area contributed by atoms with Crippen LogP contribution < -0.4 is 5.73 Å². The molecule has 2 saturated heterocycles.